The molecular weight excluding hydrogens is 232 g/mol. The van der Waals surface area contributed by atoms with Crippen molar-refractivity contribution in [2.75, 3.05) is 5.32 Å². The topological polar surface area (TPSA) is 83.8 Å². The standard InChI is InChI=1S/C12H16N4O2/c1-7-6-11(16-18-7)13-12(17)5-4-10-8(2)14-15-9(10)3/h6H,4-5H2,1-3H3,(H,14,15)(H,13,16,17). The van der Waals surface area contributed by atoms with Crippen LogP contribution in [0.25, 0.3) is 0 Å². The normalized spacial score (nSPS) is 10.6. The fourth-order valence-electron chi connectivity index (χ4n) is 1.81. The van der Waals surface area contributed by atoms with Crippen LogP contribution in [0.4, 0.5) is 5.82 Å². The molecule has 0 fully saturated rings. The van der Waals surface area contributed by atoms with Crippen molar-refractivity contribution in [3.8, 4) is 0 Å². The summed E-state index contributed by atoms with van der Waals surface area (Å²) in [4.78, 5) is 11.7. The molecule has 1 amide bonds. The number of nitrogens with one attached hydrogen (secondary N) is 2. The molecule has 2 heterocycles. The van der Waals surface area contributed by atoms with Gasteiger partial charge in [0.15, 0.2) is 5.82 Å². The van der Waals surface area contributed by atoms with Crippen molar-refractivity contribution in [1.29, 1.82) is 0 Å². The summed E-state index contributed by atoms with van der Waals surface area (Å²) in [6.45, 7) is 5.66. The van der Waals surface area contributed by atoms with Crippen molar-refractivity contribution >= 4 is 11.7 Å². The highest BCUT2D eigenvalue weighted by molar-refractivity contribution is 5.89. The van der Waals surface area contributed by atoms with Crippen LogP contribution < -0.4 is 5.32 Å². The van der Waals surface area contributed by atoms with Crippen LogP contribution in [0, 0.1) is 20.8 Å². The Hall–Kier alpha value is -2.11. The second kappa shape index (κ2) is 5.03. The Balaban J connectivity index is 1.89. The van der Waals surface area contributed by atoms with E-state index in [2.05, 4.69) is 20.7 Å². The molecule has 0 aliphatic heterocycles. The average Bonchev–Trinajstić information content (AvgIpc) is 2.84. The number of H-pyrrole nitrogens is 1. The molecule has 0 saturated heterocycles. The summed E-state index contributed by atoms with van der Waals surface area (Å²) >= 11 is 0. The number of hydrogen-bond acceptors (Lipinski definition) is 4. The highest BCUT2D eigenvalue weighted by Crippen LogP contribution is 2.13. The van der Waals surface area contributed by atoms with Gasteiger partial charge in [0.2, 0.25) is 5.91 Å². The molecule has 6 heteroatoms. The van der Waals surface area contributed by atoms with Crippen LogP contribution in [-0.4, -0.2) is 21.3 Å². The van der Waals surface area contributed by atoms with Crippen LogP contribution in [0.15, 0.2) is 10.6 Å². The molecule has 18 heavy (non-hydrogen) atoms. The number of rotatable bonds is 4. The number of carbonyl (C=O) groups is 1. The van der Waals surface area contributed by atoms with Crippen LogP contribution in [0.2, 0.25) is 0 Å². The van der Waals surface area contributed by atoms with Gasteiger partial charge in [-0.3, -0.25) is 9.89 Å². The largest absolute Gasteiger partial charge is 0.360 e. The van der Waals surface area contributed by atoms with E-state index >= 15 is 0 Å². The highest BCUT2D eigenvalue weighted by atomic mass is 16.5. The molecule has 0 atom stereocenters. The van der Waals surface area contributed by atoms with Crippen LogP contribution in [0.3, 0.4) is 0 Å². The first-order chi connectivity index (χ1) is 8.56. The van der Waals surface area contributed by atoms with Gasteiger partial charge in [-0.2, -0.15) is 5.10 Å². The Labute approximate surface area is 105 Å². The quantitative estimate of drug-likeness (QED) is 0.865. The zero-order chi connectivity index (χ0) is 13.1. The summed E-state index contributed by atoms with van der Waals surface area (Å²) in [5.41, 5.74) is 3.05. The molecule has 2 aromatic rings. The molecule has 0 aliphatic carbocycles. The van der Waals surface area contributed by atoms with Crippen molar-refractivity contribution in [1.82, 2.24) is 15.4 Å². The lowest BCUT2D eigenvalue weighted by Gasteiger charge is -2.02. The molecule has 0 aliphatic rings. The van der Waals surface area contributed by atoms with E-state index in [4.69, 9.17) is 4.52 Å². The predicted octanol–water partition coefficient (Wildman–Crippen LogP) is 1.89. The molecule has 0 unspecified atom stereocenters. The summed E-state index contributed by atoms with van der Waals surface area (Å²) in [7, 11) is 0. The zero-order valence-electron chi connectivity index (χ0n) is 10.7. The first kappa shape index (κ1) is 12.3. The molecular formula is C12H16N4O2. The van der Waals surface area contributed by atoms with E-state index in [1.807, 2.05) is 13.8 Å². The van der Waals surface area contributed by atoms with Crippen molar-refractivity contribution in [3.05, 3.63) is 28.8 Å². The van der Waals surface area contributed by atoms with Gasteiger partial charge >= 0.3 is 0 Å². The maximum absolute atomic E-state index is 11.7. The third-order valence-corrected chi connectivity index (χ3v) is 2.78. The minimum absolute atomic E-state index is 0.0803. The van der Waals surface area contributed by atoms with Gasteiger partial charge in [-0.25, -0.2) is 0 Å². The monoisotopic (exact) mass is 248 g/mol. The summed E-state index contributed by atoms with van der Waals surface area (Å²) in [6, 6.07) is 1.69. The van der Waals surface area contributed by atoms with Gasteiger partial charge in [0.25, 0.3) is 0 Å². The number of hydrogen-bond donors (Lipinski definition) is 2. The molecule has 2 rings (SSSR count). The number of nitrogens with zero attached hydrogens (tertiary/aromatic N) is 2. The van der Waals surface area contributed by atoms with Crippen LogP contribution in [0.5, 0.6) is 0 Å². The molecule has 0 saturated carbocycles. The molecule has 0 radical (unpaired) electrons. The average molecular weight is 248 g/mol. The van der Waals surface area contributed by atoms with E-state index in [-0.39, 0.29) is 5.91 Å². The second-order valence-corrected chi connectivity index (χ2v) is 4.28. The van der Waals surface area contributed by atoms with Gasteiger partial charge in [0.05, 0.1) is 5.69 Å². The lowest BCUT2D eigenvalue weighted by Crippen LogP contribution is -2.12. The summed E-state index contributed by atoms with van der Waals surface area (Å²) in [5, 5.41) is 13.4. The van der Waals surface area contributed by atoms with E-state index in [0.717, 1.165) is 17.0 Å². The van der Waals surface area contributed by atoms with E-state index in [1.165, 1.54) is 0 Å². The highest BCUT2D eigenvalue weighted by Gasteiger charge is 2.10. The Morgan fingerprint density at radius 3 is 2.78 bits per heavy atom. The smallest absolute Gasteiger partial charge is 0.225 e. The van der Waals surface area contributed by atoms with Crippen molar-refractivity contribution in [3.63, 3.8) is 0 Å². The fourth-order valence-corrected chi connectivity index (χ4v) is 1.81. The van der Waals surface area contributed by atoms with Gasteiger partial charge in [0, 0.05) is 18.2 Å². The zero-order valence-corrected chi connectivity index (χ0v) is 10.7. The van der Waals surface area contributed by atoms with E-state index < -0.39 is 0 Å². The number of carbonyl (C=O) groups excluding carboxylic acids is 1. The van der Waals surface area contributed by atoms with Gasteiger partial charge < -0.3 is 9.84 Å². The third-order valence-electron chi connectivity index (χ3n) is 2.78. The van der Waals surface area contributed by atoms with Gasteiger partial charge in [-0.05, 0) is 32.8 Å². The van der Waals surface area contributed by atoms with Crippen LogP contribution in [-0.2, 0) is 11.2 Å². The number of aryl methyl sites for hydroxylation is 3. The molecule has 0 bridgehead atoms. The molecule has 0 aromatic carbocycles. The Morgan fingerprint density at radius 2 is 2.22 bits per heavy atom. The molecule has 0 spiro atoms. The second-order valence-electron chi connectivity index (χ2n) is 4.28. The summed E-state index contributed by atoms with van der Waals surface area (Å²) in [6.07, 6.45) is 1.06. The van der Waals surface area contributed by atoms with E-state index in [1.54, 1.807) is 13.0 Å². The van der Waals surface area contributed by atoms with E-state index in [9.17, 15) is 4.79 Å². The maximum Gasteiger partial charge on any atom is 0.225 e. The van der Waals surface area contributed by atoms with Gasteiger partial charge in [-0.15, -0.1) is 0 Å². The minimum atomic E-state index is -0.0803. The molecule has 2 aromatic heterocycles. The van der Waals surface area contributed by atoms with E-state index in [0.29, 0.717) is 24.4 Å². The van der Waals surface area contributed by atoms with Gasteiger partial charge in [-0.1, -0.05) is 5.16 Å². The van der Waals surface area contributed by atoms with Gasteiger partial charge in [0.1, 0.15) is 5.76 Å². The van der Waals surface area contributed by atoms with Crippen molar-refractivity contribution < 1.29 is 9.32 Å². The molecule has 2 N–H and O–H groups in total. The first-order valence-electron chi connectivity index (χ1n) is 5.80. The Kier molecular flexibility index (Phi) is 3.45. The van der Waals surface area contributed by atoms with Crippen LogP contribution >= 0.6 is 0 Å². The molecule has 6 nitrogen and oxygen atoms in total. The number of aromatic amines is 1. The van der Waals surface area contributed by atoms with Crippen molar-refractivity contribution in [2.24, 2.45) is 0 Å². The summed E-state index contributed by atoms with van der Waals surface area (Å²) < 4.78 is 4.87. The SMILES string of the molecule is Cc1cc(NC(=O)CCc2c(C)n[nH]c2C)no1. The van der Waals surface area contributed by atoms with Crippen molar-refractivity contribution in [2.45, 2.75) is 33.6 Å². The Morgan fingerprint density at radius 1 is 1.44 bits per heavy atom. The minimum Gasteiger partial charge on any atom is -0.360 e. The fraction of sp³-hybridized carbons (Fsp3) is 0.417. The maximum atomic E-state index is 11.7. The Bertz CT molecular complexity index is 537. The number of amides is 1. The van der Waals surface area contributed by atoms with Crippen LogP contribution in [0.1, 0.15) is 29.1 Å². The third kappa shape index (κ3) is 2.77. The number of anilines is 1. The number of aromatic nitrogens is 3. The lowest BCUT2D eigenvalue weighted by molar-refractivity contribution is -0.116. The predicted molar refractivity (Wildman–Crippen MR) is 66.3 cm³/mol. The first-order valence-corrected chi connectivity index (χ1v) is 5.80. The molecule has 96 valence electrons. The lowest BCUT2D eigenvalue weighted by atomic mass is 10.1. The summed E-state index contributed by atoms with van der Waals surface area (Å²) in [5.74, 6) is 1.05.